The number of halogens is 1. The van der Waals surface area contributed by atoms with Gasteiger partial charge >= 0.3 is 0 Å². The van der Waals surface area contributed by atoms with Gasteiger partial charge < -0.3 is 4.90 Å². The molecule has 0 N–H and O–H groups in total. The number of nitrogens with zero attached hydrogens (tertiary/aromatic N) is 3. The third-order valence-corrected chi connectivity index (χ3v) is 6.10. The molecule has 130 valence electrons. The van der Waals surface area contributed by atoms with Gasteiger partial charge in [-0.05, 0) is 30.3 Å². The number of para-hydroxylation sites is 1. The maximum Gasteiger partial charge on any atom is 0.239 e. The summed E-state index contributed by atoms with van der Waals surface area (Å²) in [6, 6.07) is 13.5. The molecule has 0 spiro atoms. The molecule has 26 heavy (non-hydrogen) atoms. The lowest BCUT2D eigenvalue weighted by Gasteiger charge is -2.20. The van der Waals surface area contributed by atoms with Gasteiger partial charge in [-0.2, -0.15) is 0 Å². The molecule has 3 heterocycles. The average molecular weight is 367 g/mol. The normalized spacial score (nSPS) is 22.5. The molecule has 2 aliphatic heterocycles. The van der Waals surface area contributed by atoms with Crippen LogP contribution >= 0.6 is 11.3 Å². The molecule has 2 amide bonds. The van der Waals surface area contributed by atoms with Crippen LogP contribution in [-0.4, -0.2) is 29.9 Å². The van der Waals surface area contributed by atoms with E-state index < -0.39 is 0 Å². The fourth-order valence-corrected chi connectivity index (χ4v) is 4.76. The fourth-order valence-electron chi connectivity index (χ4n) is 3.75. The van der Waals surface area contributed by atoms with Crippen LogP contribution < -0.4 is 9.80 Å². The van der Waals surface area contributed by atoms with E-state index in [2.05, 4.69) is 4.98 Å². The van der Waals surface area contributed by atoms with Crippen molar-refractivity contribution in [3.8, 4) is 0 Å². The van der Waals surface area contributed by atoms with E-state index in [1.807, 2.05) is 23.1 Å². The number of carbonyl (C=O) groups is 2. The zero-order valence-corrected chi connectivity index (χ0v) is 14.4. The molecule has 1 aromatic heterocycles. The number of amides is 2. The van der Waals surface area contributed by atoms with Crippen LogP contribution in [-0.2, 0) is 9.59 Å². The fraction of sp³-hybridized carbons (Fsp3) is 0.211. The summed E-state index contributed by atoms with van der Waals surface area (Å²) in [5.41, 5.74) is 1.35. The van der Waals surface area contributed by atoms with E-state index in [0.29, 0.717) is 18.8 Å². The van der Waals surface area contributed by atoms with E-state index in [1.165, 1.54) is 28.4 Å². The number of hydrogen-bond acceptors (Lipinski definition) is 5. The van der Waals surface area contributed by atoms with Crippen LogP contribution in [0.5, 0.6) is 0 Å². The van der Waals surface area contributed by atoms with Crippen LogP contribution in [0.2, 0.25) is 0 Å². The van der Waals surface area contributed by atoms with E-state index in [9.17, 15) is 14.0 Å². The Hall–Kier alpha value is -2.80. The summed E-state index contributed by atoms with van der Waals surface area (Å²) in [7, 11) is 0. The van der Waals surface area contributed by atoms with Gasteiger partial charge in [-0.1, -0.05) is 29.5 Å². The Kier molecular flexibility index (Phi) is 3.33. The van der Waals surface area contributed by atoms with Crippen molar-refractivity contribution in [1.82, 2.24) is 4.98 Å². The first kappa shape index (κ1) is 15.5. The first-order valence-electron chi connectivity index (χ1n) is 8.36. The van der Waals surface area contributed by atoms with Crippen LogP contribution in [0, 0.1) is 17.7 Å². The standard InChI is InChI=1S/C19H14FN3O2S/c20-11-6-7-15-16(8-11)26-19(21-15)22-9-13-14(10-22)18(25)23(17(13)24)12-4-2-1-3-5-12/h1-8,13-14H,9-10H2. The lowest BCUT2D eigenvalue weighted by atomic mass is 10.00. The lowest BCUT2D eigenvalue weighted by Crippen LogP contribution is -2.36. The molecule has 7 heteroatoms. The summed E-state index contributed by atoms with van der Waals surface area (Å²) in [6.45, 7) is 0.918. The van der Waals surface area contributed by atoms with Gasteiger partial charge in [0.25, 0.3) is 0 Å². The van der Waals surface area contributed by atoms with Gasteiger partial charge in [0.2, 0.25) is 11.8 Å². The highest BCUT2D eigenvalue weighted by Gasteiger charge is 2.53. The average Bonchev–Trinajstić information content (AvgIpc) is 3.31. The monoisotopic (exact) mass is 367 g/mol. The Morgan fingerprint density at radius 1 is 1.00 bits per heavy atom. The van der Waals surface area contributed by atoms with Crippen molar-refractivity contribution in [3.63, 3.8) is 0 Å². The minimum atomic E-state index is -0.355. The summed E-state index contributed by atoms with van der Waals surface area (Å²) >= 11 is 1.39. The Morgan fingerprint density at radius 2 is 1.69 bits per heavy atom. The summed E-state index contributed by atoms with van der Waals surface area (Å²) in [6.07, 6.45) is 0. The van der Waals surface area contributed by atoms with Gasteiger partial charge in [-0.15, -0.1) is 0 Å². The van der Waals surface area contributed by atoms with E-state index in [-0.39, 0.29) is 29.5 Å². The van der Waals surface area contributed by atoms with Crippen LogP contribution in [0.3, 0.4) is 0 Å². The molecule has 2 aliphatic rings. The zero-order valence-electron chi connectivity index (χ0n) is 13.6. The highest BCUT2D eigenvalue weighted by atomic mass is 32.1. The number of hydrogen-bond donors (Lipinski definition) is 0. The number of imide groups is 1. The summed E-state index contributed by atoms with van der Waals surface area (Å²) in [4.78, 5) is 33.4. The van der Waals surface area contributed by atoms with Crippen molar-refractivity contribution in [2.45, 2.75) is 0 Å². The highest BCUT2D eigenvalue weighted by molar-refractivity contribution is 7.22. The maximum absolute atomic E-state index is 13.4. The molecule has 2 saturated heterocycles. The second kappa shape index (κ2) is 5.60. The molecule has 2 atom stereocenters. The van der Waals surface area contributed by atoms with Gasteiger partial charge in [0.15, 0.2) is 5.13 Å². The smallest absolute Gasteiger partial charge is 0.239 e. The SMILES string of the molecule is O=C1C2CN(c3nc4ccc(F)cc4s3)CC2C(=O)N1c1ccccc1. The number of aromatic nitrogens is 1. The Balaban J connectivity index is 1.43. The van der Waals surface area contributed by atoms with Crippen LogP contribution in [0.15, 0.2) is 48.5 Å². The number of thiazole rings is 1. The van der Waals surface area contributed by atoms with E-state index in [1.54, 1.807) is 18.2 Å². The molecule has 0 bridgehead atoms. The van der Waals surface area contributed by atoms with E-state index >= 15 is 0 Å². The molecule has 2 fully saturated rings. The number of fused-ring (bicyclic) bond motifs is 2. The second-order valence-electron chi connectivity index (χ2n) is 6.57. The van der Waals surface area contributed by atoms with E-state index in [0.717, 1.165) is 15.3 Å². The Morgan fingerprint density at radius 3 is 2.38 bits per heavy atom. The second-order valence-corrected chi connectivity index (χ2v) is 7.58. The molecule has 0 aliphatic carbocycles. The number of anilines is 2. The summed E-state index contributed by atoms with van der Waals surface area (Å²) in [5.74, 6) is -1.31. The molecule has 0 saturated carbocycles. The van der Waals surface area contributed by atoms with Crippen molar-refractivity contribution in [2.75, 3.05) is 22.9 Å². The molecule has 3 aromatic rings. The first-order chi connectivity index (χ1) is 12.6. The van der Waals surface area contributed by atoms with Crippen molar-refractivity contribution in [3.05, 3.63) is 54.3 Å². The van der Waals surface area contributed by atoms with Crippen molar-refractivity contribution in [2.24, 2.45) is 11.8 Å². The number of benzene rings is 2. The van der Waals surface area contributed by atoms with Crippen molar-refractivity contribution in [1.29, 1.82) is 0 Å². The summed E-state index contributed by atoms with van der Waals surface area (Å²) in [5, 5.41) is 0.729. The number of carbonyl (C=O) groups excluding carboxylic acids is 2. The molecular formula is C19H14FN3O2S. The molecule has 5 nitrogen and oxygen atoms in total. The molecular weight excluding hydrogens is 353 g/mol. The van der Waals surface area contributed by atoms with Gasteiger partial charge in [-0.3, -0.25) is 9.59 Å². The minimum absolute atomic E-state index is 0.152. The van der Waals surface area contributed by atoms with Gasteiger partial charge in [0, 0.05) is 13.1 Å². The predicted octanol–water partition coefficient (Wildman–Crippen LogP) is 3.06. The predicted molar refractivity (Wildman–Crippen MR) is 97.7 cm³/mol. The number of rotatable bonds is 2. The molecule has 0 radical (unpaired) electrons. The quantitative estimate of drug-likeness (QED) is 0.654. The van der Waals surface area contributed by atoms with Crippen LogP contribution in [0.4, 0.5) is 15.2 Å². The largest absolute Gasteiger partial charge is 0.346 e. The Bertz CT molecular complexity index is 1010. The van der Waals surface area contributed by atoms with Gasteiger partial charge in [-0.25, -0.2) is 14.3 Å². The first-order valence-corrected chi connectivity index (χ1v) is 9.17. The van der Waals surface area contributed by atoms with Gasteiger partial charge in [0.05, 0.1) is 27.7 Å². The lowest BCUT2D eigenvalue weighted by molar-refractivity contribution is -0.122. The minimum Gasteiger partial charge on any atom is -0.346 e. The molecule has 5 rings (SSSR count). The third kappa shape index (κ3) is 2.24. The maximum atomic E-state index is 13.4. The van der Waals surface area contributed by atoms with E-state index in [4.69, 9.17) is 0 Å². The van der Waals surface area contributed by atoms with Crippen molar-refractivity contribution >= 4 is 44.2 Å². The van der Waals surface area contributed by atoms with Crippen LogP contribution in [0.25, 0.3) is 10.2 Å². The Labute approximate surface area is 152 Å². The zero-order chi connectivity index (χ0) is 17.8. The summed E-state index contributed by atoms with van der Waals surface area (Å²) < 4.78 is 14.2. The molecule has 2 unspecified atom stereocenters. The third-order valence-electron chi connectivity index (χ3n) is 5.02. The van der Waals surface area contributed by atoms with Crippen LogP contribution in [0.1, 0.15) is 0 Å². The highest BCUT2D eigenvalue weighted by Crippen LogP contribution is 2.40. The van der Waals surface area contributed by atoms with Crippen molar-refractivity contribution < 1.29 is 14.0 Å². The molecule has 2 aromatic carbocycles. The van der Waals surface area contributed by atoms with Gasteiger partial charge in [0.1, 0.15) is 5.82 Å². The topological polar surface area (TPSA) is 53.5 Å².